The van der Waals surface area contributed by atoms with E-state index in [1.165, 1.54) is 11.1 Å². The Morgan fingerprint density at radius 1 is 1.40 bits per heavy atom. The van der Waals surface area contributed by atoms with Crippen molar-refractivity contribution >= 4 is 34.9 Å². The summed E-state index contributed by atoms with van der Waals surface area (Å²) in [5, 5.41) is 0.774. The highest BCUT2D eigenvalue weighted by Gasteiger charge is 2.16. The molecule has 1 aromatic rings. The molecule has 5 heteroatoms. The van der Waals surface area contributed by atoms with Crippen LogP contribution in [0.25, 0.3) is 0 Å². The Morgan fingerprint density at radius 2 is 2.00 bits per heavy atom. The second-order valence-electron chi connectivity index (χ2n) is 3.51. The number of aromatic nitrogens is 1. The van der Waals surface area contributed by atoms with E-state index >= 15 is 0 Å². The lowest BCUT2D eigenvalue weighted by Gasteiger charge is -2.18. The van der Waals surface area contributed by atoms with Crippen molar-refractivity contribution in [1.29, 1.82) is 0 Å². The third kappa shape index (κ3) is 2.83. The summed E-state index contributed by atoms with van der Waals surface area (Å²) in [6.07, 6.45) is 1.43. The molecule has 0 aliphatic carbocycles. The number of anilines is 1. The van der Waals surface area contributed by atoms with Gasteiger partial charge in [0.25, 0.3) is 0 Å². The van der Waals surface area contributed by atoms with Crippen LogP contribution in [0.3, 0.4) is 0 Å². The zero-order valence-electron chi connectivity index (χ0n) is 8.79. The highest BCUT2D eigenvalue weighted by atomic mass is 35.5. The van der Waals surface area contributed by atoms with E-state index in [-0.39, 0.29) is 11.8 Å². The topological polar surface area (TPSA) is 33.2 Å². The fourth-order valence-electron chi connectivity index (χ4n) is 1.09. The summed E-state index contributed by atoms with van der Waals surface area (Å²) in [6, 6.07) is 1.57. The number of amides is 1. The molecule has 1 rings (SSSR count). The molecule has 0 aromatic carbocycles. The Kier molecular flexibility index (Phi) is 3.94. The molecule has 0 unspecified atom stereocenters. The number of halogens is 2. The summed E-state index contributed by atoms with van der Waals surface area (Å²) in [7, 11) is 1.66. The highest BCUT2D eigenvalue weighted by Crippen LogP contribution is 2.24. The molecule has 0 saturated heterocycles. The SMILES string of the molecule is CC(C)C(=O)N(C)c1cc(Cl)c(Cl)cn1. The van der Waals surface area contributed by atoms with Gasteiger partial charge in [-0.2, -0.15) is 0 Å². The summed E-state index contributed by atoms with van der Waals surface area (Å²) in [6.45, 7) is 3.66. The number of pyridine rings is 1. The van der Waals surface area contributed by atoms with Crippen LogP contribution in [-0.4, -0.2) is 17.9 Å². The fraction of sp³-hybridized carbons (Fsp3) is 0.400. The Morgan fingerprint density at radius 3 is 2.47 bits per heavy atom. The number of nitrogens with zero attached hydrogens (tertiary/aromatic N) is 2. The van der Waals surface area contributed by atoms with Gasteiger partial charge in [0.15, 0.2) is 0 Å². The molecular formula is C10H12Cl2N2O. The average Bonchev–Trinajstić information content (AvgIpc) is 2.19. The van der Waals surface area contributed by atoms with Crippen LogP contribution in [0.1, 0.15) is 13.8 Å². The lowest BCUT2D eigenvalue weighted by atomic mass is 10.2. The minimum Gasteiger partial charge on any atom is -0.300 e. The molecule has 0 radical (unpaired) electrons. The number of carbonyl (C=O) groups is 1. The maximum Gasteiger partial charge on any atom is 0.230 e. The van der Waals surface area contributed by atoms with Gasteiger partial charge in [-0.15, -0.1) is 0 Å². The maximum absolute atomic E-state index is 11.6. The van der Waals surface area contributed by atoms with Gasteiger partial charge in [0.1, 0.15) is 5.82 Å². The monoisotopic (exact) mass is 246 g/mol. The van der Waals surface area contributed by atoms with E-state index in [2.05, 4.69) is 4.98 Å². The van der Waals surface area contributed by atoms with Crippen molar-refractivity contribution in [2.45, 2.75) is 13.8 Å². The van der Waals surface area contributed by atoms with Gasteiger partial charge in [-0.1, -0.05) is 37.0 Å². The summed E-state index contributed by atoms with van der Waals surface area (Å²) in [4.78, 5) is 17.1. The van der Waals surface area contributed by atoms with Gasteiger partial charge in [-0.05, 0) is 0 Å². The second kappa shape index (κ2) is 4.81. The summed E-state index contributed by atoms with van der Waals surface area (Å²) >= 11 is 11.6. The molecule has 0 aliphatic heterocycles. The van der Waals surface area contributed by atoms with E-state index in [1.807, 2.05) is 13.8 Å². The smallest absolute Gasteiger partial charge is 0.230 e. The van der Waals surface area contributed by atoms with Crippen LogP contribution in [0, 0.1) is 5.92 Å². The molecule has 3 nitrogen and oxygen atoms in total. The van der Waals surface area contributed by atoms with Gasteiger partial charge >= 0.3 is 0 Å². The van der Waals surface area contributed by atoms with Gasteiger partial charge in [0.05, 0.1) is 10.0 Å². The van der Waals surface area contributed by atoms with E-state index in [4.69, 9.17) is 23.2 Å². The van der Waals surface area contributed by atoms with Crippen LogP contribution >= 0.6 is 23.2 Å². The predicted octanol–water partition coefficient (Wildman–Crippen LogP) is 3.01. The maximum atomic E-state index is 11.6. The van der Waals surface area contributed by atoms with Crippen LogP contribution in [0.5, 0.6) is 0 Å². The molecule has 82 valence electrons. The fourth-order valence-corrected chi connectivity index (χ4v) is 1.34. The Bertz CT molecular complexity index is 380. The first-order valence-corrected chi connectivity index (χ1v) is 5.27. The van der Waals surface area contributed by atoms with Crippen molar-refractivity contribution in [3.05, 3.63) is 22.3 Å². The van der Waals surface area contributed by atoms with Gasteiger partial charge < -0.3 is 0 Å². The molecular weight excluding hydrogens is 235 g/mol. The Labute approximate surface area is 99.0 Å². The predicted molar refractivity (Wildman–Crippen MR) is 62.5 cm³/mol. The Hall–Kier alpha value is -0.800. The molecule has 15 heavy (non-hydrogen) atoms. The molecule has 1 heterocycles. The molecule has 0 aliphatic rings. The van der Waals surface area contributed by atoms with Crippen molar-refractivity contribution in [1.82, 2.24) is 4.98 Å². The van der Waals surface area contributed by atoms with Crippen molar-refractivity contribution in [2.24, 2.45) is 5.92 Å². The molecule has 0 saturated carbocycles. The zero-order valence-corrected chi connectivity index (χ0v) is 10.3. The number of hydrogen-bond donors (Lipinski definition) is 0. The van der Waals surface area contributed by atoms with Crippen molar-refractivity contribution in [2.75, 3.05) is 11.9 Å². The molecule has 1 amide bonds. The normalized spacial score (nSPS) is 10.5. The van der Waals surface area contributed by atoms with Crippen LogP contribution in [0.2, 0.25) is 10.0 Å². The quantitative estimate of drug-likeness (QED) is 0.804. The van der Waals surface area contributed by atoms with Crippen molar-refractivity contribution in [3.8, 4) is 0 Å². The summed E-state index contributed by atoms with van der Waals surface area (Å²) in [5.41, 5.74) is 0. The lowest BCUT2D eigenvalue weighted by Crippen LogP contribution is -2.30. The van der Waals surface area contributed by atoms with E-state index in [0.717, 1.165) is 0 Å². The van der Waals surface area contributed by atoms with Crippen LogP contribution in [-0.2, 0) is 4.79 Å². The first kappa shape index (κ1) is 12.3. The third-order valence-corrected chi connectivity index (χ3v) is 2.67. The van der Waals surface area contributed by atoms with Gasteiger partial charge in [-0.25, -0.2) is 4.98 Å². The largest absolute Gasteiger partial charge is 0.300 e. The van der Waals surface area contributed by atoms with Crippen molar-refractivity contribution in [3.63, 3.8) is 0 Å². The van der Waals surface area contributed by atoms with E-state index < -0.39 is 0 Å². The van der Waals surface area contributed by atoms with Gasteiger partial charge in [0.2, 0.25) is 5.91 Å². The van der Waals surface area contributed by atoms with Crippen LogP contribution < -0.4 is 4.90 Å². The highest BCUT2D eigenvalue weighted by molar-refractivity contribution is 6.42. The molecule has 0 bridgehead atoms. The summed E-state index contributed by atoms with van der Waals surface area (Å²) in [5.74, 6) is 0.412. The van der Waals surface area contributed by atoms with E-state index in [1.54, 1.807) is 13.1 Å². The molecule has 1 aromatic heterocycles. The standard InChI is InChI=1S/C10H12Cl2N2O/c1-6(2)10(15)14(3)9-4-7(11)8(12)5-13-9/h4-6H,1-3H3. The van der Waals surface area contributed by atoms with E-state index in [0.29, 0.717) is 15.9 Å². The van der Waals surface area contributed by atoms with Crippen LogP contribution in [0.15, 0.2) is 12.3 Å². The third-order valence-electron chi connectivity index (χ3n) is 1.96. The lowest BCUT2D eigenvalue weighted by molar-refractivity contribution is -0.121. The minimum atomic E-state index is -0.0775. The van der Waals surface area contributed by atoms with Gasteiger partial charge in [-0.3, -0.25) is 9.69 Å². The zero-order chi connectivity index (χ0) is 11.6. The molecule has 0 N–H and O–H groups in total. The van der Waals surface area contributed by atoms with Crippen LogP contribution in [0.4, 0.5) is 5.82 Å². The van der Waals surface area contributed by atoms with E-state index in [9.17, 15) is 4.79 Å². The Balaban J connectivity index is 2.97. The van der Waals surface area contributed by atoms with Gasteiger partial charge in [0, 0.05) is 25.2 Å². The first-order chi connectivity index (χ1) is 6.93. The summed E-state index contributed by atoms with van der Waals surface area (Å²) < 4.78 is 0. The second-order valence-corrected chi connectivity index (χ2v) is 4.32. The molecule has 0 fully saturated rings. The minimum absolute atomic E-state index is 0.0131. The average molecular weight is 247 g/mol. The number of hydrogen-bond acceptors (Lipinski definition) is 2. The first-order valence-electron chi connectivity index (χ1n) is 4.52. The number of rotatable bonds is 2. The molecule has 0 atom stereocenters. The number of carbonyl (C=O) groups excluding carboxylic acids is 1. The van der Waals surface area contributed by atoms with Crippen molar-refractivity contribution < 1.29 is 4.79 Å². The molecule has 0 spiro atoms.